The quantitative estimate of drug-likeness (QED) is 0.788. The Kier molecular flexibility index (Phi) is 4.16. The maximum Gasteiger partial charge on any atom is 0.305 e. The second kappa shape index (κ2) is 5.84. The Bertz CT molecular complexity index is 499. The highest BCUT2D eigenvalue weighted by Crippen LogP contribution is 2.27. The fourth-order valence-corrected chi connectivity index (χ4v) is 2.15. The average Bonchev–Trinajstić information content (AvgIpc) is 2.75. The monoisotopic (exact) mass is 262 g/mol. The first-order chi connectivity index (χ1) is 9.10. The molecule has 5 heteroatoms. The van der Waals surface area contributed by atoms with Gasteiger partial charge >= 0.3 is 5.97 Å². The summed E-state index contributed by atoms with van der Waals surface area (Å²) in [5.74, 6) is -0.219. The molecule has 0 bridgehead atoms. The summed E-state index contributed by atoms with van der Waals surface area (Å²) in [6.45, 7) is 2.17. The van der Waals surface area contributed by atoms with E-state index in [1.54, 1.807) is 6.92 Å². The maximum atomic E-state index is 11.3. The number of carbonyl (C=O) groups excluding carboxylic acids is 2. The molecule has 1 aromatic carbocycles. The van der Waals surface area contributed by atoms with Gasteiger partial charge in [-0.3, -0.25) is 9.59 Å². The number of ether oxygens (including phenoxy) is 1. The molecule has 0 spiro atoms. The van der Waals surface area contributed by atoms with Crippen LogP contribution in [0.3, 0.4) is 0 Å². The number of nitrogens with two attached hydrogens (primary N) is 1. The summed E-state index contributed by atoms with van der Waals surface area (Å²) in [4.78, 5) is 22.5. The van der Waals surface area contributed by atoms with Crippen LogP contribution in [0.15, 0.2) is 18.2 Å². The van der Waals surface area contributed by atoms with E-state index in [0.29, 0.717) is 25.9 Å². The topological polar surface area (TPSA) is 81.4 Å². The van der Waals surface area contributed by atoms with E-state index in [2.05, 4.69) is 5.32 Å². The molecule has 0 aromatic heterocycles. The summed E-state index contributed by atoms with van der Waals surface area (Å²) in [7, 11) is 0. The van der Waals surface area contributed by atoms with Gasteiger partial charge in [-0.2, -0.15) is 0 Å². The van der Waals surface area contributed by atoms with Crippen LogP contribution in [0.4, 0.5) is 5.69 Å². The number of hydrogen-bond acceptors (Lipinski definition) is 4. The Morgan fingerprint density at radius 2 is 2.32 bits per heavy atom. The summed E-state index contributed by atoms with van der Waals surface area (Å²) in [5.41, 5.74) is 8.82. The van der Waals surface area contributed by atoms with E-state index in [1.807, 2.05) is 18.2 Å². The summed E-state index contributed by atoms with van der Waals surface area (Å²) < 4.78 is 4.87. The first kappa shape index (κ1) is 13.5. The first-order valence-corrected chi connectivity index (χ1v) is 6.44. The van der Waals surface area contributed by atoms with Crippen LogP contribution in [0, 0.1) is 0 Å². The molecule has 1 aliphatic rings. The molecule has 0 fully saturated rings. The lowest BCUT2D eigenvalue weighted by molar-refractivity contribution is -0.143. The van der Waals surface area contributed by atoms with Gasteiger partial charge in [0.05, 0.1) is 13.0 Å². The van der Waals surface area contributed by atoms with Crippen LogP contribution in [0.5, 0.6) is 0 Å². The molecule has 5 nitrogen and oxygen atoms in total. The third-order valence-electron chi connectivity index (χ3n) is 3.15. The third-order valence-corrected chi connectivity index (χ3v) is 3.15. The molecule has 1 amide bonds. The van der Waals surface area contributed by atoms with Gasteiger partial charge in [-0.25, -0.2) is 0 Å². The van der Waals surface area contributed by atoms with Crippen LogP contribution in [-0.4, -0.2) is 18.5 Å². The Labute approximate surface area is 112 Å². The van der Waals surface area contributed by atoms with Crippen LogP contribution < -0.4 is 11.1 Å². The van der Waals surface area contributed by atoms with Crippen molar-refractivity contribution in [3.05, 3.63) is 29.3 Å². The van der Waals surface area contributed by atoms with Crippen molar-refractivity contribution in [3.63, 3.8) is 0 Å². The Balaban J connectivity index is 1.97. The van der Waals surface area contributed by atoms with E-state index in [0.717, 1.165) is 16.8 Å². The van der Waals surface area contributed by atoms with Gasteiger partial charge in [-0.1, -0.05) is 12.1 Å². The van der Waals surface area contributed by atoms with Gasteiger partial charge in [0.2, 0.25) is 5.91 Å². The number of amides is 1. The van der Waals surface area contributed by atoms with E-state index < -0.39 is 0 Å². The average molecular weight is 262 g/mol. The van der Waals surface area contributed by atoms with E-state index in [9.17, 15) is 9.59 Å². The number of fused-ring (bicyclic) bond motifs is 1. The molecule has 19 heavy (non-hydrogen) atoms. The van der Waals surface area contributed by atoms with Crippen molar-refractivity contribution in [3.8, 4) is 0 Å². The van der Waals surface area contributed by atoms with E-state index in [4.69, 9.17) is 10.5 Å². The van der Waals surface area contributed by atoms with Crippen molar-refractivity contribution >= 4 is 17.6 Å². The summed E-state index contributed by atoms with van der Waals surface area (Å²) in [5, 5.41) is 2.78. The highest BCUT2D eigenvalue weighted by Gasteiger charge is 2.19. The molecule has 0 radical (unpaired) electrons. The van der Waals surface area contributed by atoms with Crippen molar-refractivity contribution in [2.24, 2.45) is 5.73 Å². The normalized spacial score (nSPS) is 14.7. The lowest BCUT2D eigenvalue weighted by atomic mass is 9.99. The van der Waals surface area contributed by atoms with Crippen molar-refractivity contribution < 1.29 is 14.3 Å². The third kappa shape index (κ3) is 3.32. The number of carbonyl (C=O) groups is 2. The minimum Gasteiger partial charge on any atom is -0.466 e. The van der Waals surface area contributed by atoms with Crippen LogP contribution in [0.2, 0.25) is 0 Å². The summed E-state index contributed by atoms with van der Waals surface area (Å²) in [6.07, 6.45) is 1.25. The lowest BCUT2D eigenvalue weighted by Gasteiger charge is -2.12. The van der Waals surface area contributed by atoms with Crippen molar-refractivity contribution in [1.82, 2.24) is 0 Å². The lowest BCUT2D eigenvalue weighted by Crippen LogP contribution is -2.14. The second-order valence-electron chi connectivity index (χ2n) is 4.59. The smallest absolute Gasteiger partial charge is 0.305 e. The van der Waals surface area contributed by atoms with Crippen LogP contribution in [-0.2, 0) is 20.7 Å². The van der Waals surface area contributed by atoms with Crippen molar-refractivity contribution in [2.75, 3.05) is 11.9 Å². The van der Waals surface area contributed by atoms with E-state index >= 15 is 0 Å². The molecular weight excluding hydrogens is 244 g/mol. The first-order valence-electron chi connectivity index (χ1n) is 6.44. The van der Waals surface area contributed by atoms with Gasteiger partial charge in [0.1, 0.15) is 0 Å². The highest BCUT2D eigenvalue weighted by molar-refractivity contribution is 5.99. The highest BCUT2D eigenvalue weighted by atomic mass is 16.5. The molecule has 3 N–H and O–H groups in total. The second-order valence-corrected chi connectivity index (χ2v) is 4.59. The molecule has 102 valence electrons. The minimum absolute atomic E-state index is 0.00671. The standard InChI is InChI=1S/C14H18N2O3/c1-2-19-14(18)6-4-11(15)9-3-5-12-10(7-9)8-13(17)16-12/h3,5,7,11H,2,4,6,8,15H2,1H3,(H,16,17). The predicted octanol–water partition coefficient (Wildman–Crippen LogP) is 1.52. The van der Waals surface area contributed by atoms with Crippen LogP contribution in [0.25, 0.3) is 0 Å². The predicted molar refractivity (Wildman–Crippen MR) is 71.6 cm³/mol. The summed E-state index contributed by atoms with van der Waals surface area (Å²) >= 11 is 0. The molecular formula is C14H18N2O3. The summed E-state index contributed by atoms with van der Waals surface area (Å²) in [6, 6.07) is 5.47. The Morgan fingerprint density at radius 3 is 3.05 bits per heavy atom. The zero-order valence-electron chi connectivity index (χ0n) is 10.9. The van der Waals surface area contributed by atoms with Gasteiger partial charge in [0.25, 0.3) is 0 Å². The Morgan fingerprint density at radius 1 is 1.53 bits per heavy atom. The number of esters is 1. The SMILES string of the molecule is CCOC(=O)CCC(N)c1ccc2c(c1)CC(=O)N2. The molecule has 2 rings (SSSR count). The zero-order chi connectivity index (χ0) is 13.8. The molecule has 1 aliphatic heterocycles. The van der Waals surface area contributed by atoms with Gasteiger partial charge < -0.3 is 15.8 Å². The minimum atomic E-state index is -0.226. The number of anilines is 1. The van der Waals surface area contributed by atoms with Gasteiger partial charge in [0.15, 0.2) is 0 Å². The molecule has 0 saturated heterocycles. The van der Waals surface area contributed by atoms with Crippen LogP contribution >= 0.6 is 0 Å². The number of rotatable bonds is 5. The van der Waals surface area contributed by atoms with E-state index in [-0.39, 0.29) is 17.9 Å². The fraction of sp³-hybridized carbons (Fsp3) is 0.429. The van der Waals surface area contributed by atoms with Crippen molar-refractivity contribution in [1.29, 1.82) is 0 Å². The molecule has 0 aliphatic carbocycles. The van der Waals surface area contributed by atoms with Crippen molar-refractivity contribution in [2.45, 2.75) is 32.2 Å². The zero-order valence-corrected chi connectivity index (χ0v) is 10.9. The molecule has 1 unspecified atom stereocenters. The van der Waals surface area contributed by atoms with Crippen LogP contribution in [0.1, 0.15) is 36.9 Å². The fourth-order valence-electron chi connectivity index (χ4n) is 2.15. The van der Waals surface area contributed by atoms with E-state index in [1.165, 1.54) is 0 Å². The molecule has 0 saturated carbocycles. The van der Waals surface area contributed by atoms with Gasteiger partial charge in [-0.05, 0) is 30.5 Å². The largest absolute Gasteiger partial charge is 0.466 e. The molecule has 1 aromatic rings. The molecule has 1 atom stereocenters. The maximum absolute atomic E-state index is 11.3. The number of hydrogen-bond donors (Lipinski definition) is 2. The Hall–Kier alpha value is -1.88. The number of nitrogens with one attached hydrogen (secondary N) is 1. The number of benzene rings is 1. The molecule has 1 heterocycles. The van der Waals surface area contributed by atoms with Gasteiger partial charge in [-0.15, -0.1) is 0 Å². The van der Waals surface area contributed by atoms with Gasteiger partial charge in [0, 0.05) is 18.2 Å².